The molecule has 0 aliphatic rings. The Morgan fingerprint density at radius 3 is 2.41 bits per heavy atom. The van der Waals surface area contributed by atoms with Gasteiger partial charge in [-0.1, -0.05) is 6.07 Å². The first kappa shape index (κ1) is 12.8. The Kier molecular flexibility index (Phi) is 2.97. The van der Waals surface area contributed by atoms with Gasteiger partial charge in [0, 0.05) is 46.4 Å². The number of aromatic amines is 1. The molecule has 0 bridgehead atoms. The maximum absolute atomic E-state index is 4.25. The first-order chi connectivity index (χ1) is 10.8. The second-order valence-electron chi connectivity index (χ2n) is 5.41. The van der Waals surface area contributed by atoms with Gasteiger partial charge in [0.15, 0.2) is 0 Å². The van der Waals surface area contributed by atoms with Crippen molar-refractivity contribution in [2.24, 2.45) is 0 Å². The summed E-state index contributed by atoms with van der Waals surface area (Å²) in [5.41, 5.74) is 6.82. The minimum absolute atomic E-state index is 1.02. The smallest absolute Gasteiger partial charge is 0.0466 e. The molecule has 0 saturated heterocycles. The van der Waals surface area contributed by atoms with Gasteiger partial charge < -0.3 is 4.98 Å². The molecule has 1 aromatic carbocycles. The molecular weight excluding hydrogens is 270 g/mol. The highest BCUT2D eigenvalue weighted by Crippen LogP contribution is 2.28. The van der Waals surface area contributed by atoms with Crippen LogP contribution in [0.4, 0.5) is 0 Å². The molecule has 0 amide bonds. The molecule has 3 heterocycles. The lowest BCUT2D eigenvalue weighted by molar-refractivity contribution is 1.20. The van der Waals surface area contributed by atoms with E-state index in [-0.39, 0.29) is 0 Å². The molecule has 0 atom stereocenters. The van der Waals surface area contributed by atoms with E-state index in [0.717, 1.165) is 22.5 Å². The summed E-state index contributed by atoms with van der Waals surface area (Å²) in [5.74, 6) is 0. The van der Waals surface area contributed by atoms with Crippen LogP contribution < -0.4 is 0 Å². The monoisotopic (exact) mass is 285 g/mol. The SMILES string of the molecule is Cc1cc(-c2cc3cc(-c4ccncc4)ccc3[nH]2)ccn1. The van der Waals surface area contributed by atoms with Crippen LogP contribution in [-0.4, -0.2) is 15.0 Å². The van der Waals surface area contributed by atoms with Gasteiger partial charge in [-0.3, -0.25) is 9.97 Å². The van der Waals surface area contributed by atoms with E-state index in [1.165, 1.54) is 16.5 Å². The Labute approximate surface area is 128 Å². The number of rotatable bonds is 2. The number of H-pyrrole nitrogens is 1. The summed E-state index contributed by atoms with van der Waals surface area (Å²) in [4.78, 5) is 11.8. The van der Waals surface area contributed by atoms with Gasteiger partial charge in [-0.2, -0.15) is 0 Å². The molecule has 0 saturated carbocycles. The molecule has 106 valence electrons. The van der Waals surface area contributed by atoms with Crippen molar-refractivity contribution in [2.45, 2.75) is 6.92 Å². The van der Waals surface area contributed by atoms with Gasteiger partial charge >= 0.3 is 0 Å². The van der Waals surface area contributed by atoms with Gasteiger partial charge in [0.2, 0.25) is 0 Å². The standard InChI is InChI=1S/C19H15N3/c1-13-10-16(6-9-21-13)19-12-17-11-15(2-3-18(17)22-19)14-4-7-20-8-5-14/h2-12,22H,1H3. The van der Waals surface area contributed by atoms with Gasteiger partial charge in [-0.15, -0.1) is 0 Å². The third-order valence-corrected chi connectivity index (χ3v) is 3.84. The second kappa shape index (κ2) is 5.11. The largest absolute Gasteiger partial charge is 0.355 e. The molecule has 0 aliphatic carbocycles. The van der Waals surface area contributed by atoms with Crippen LogP contribution in [-0.2, 0) is 0 Å². The fourth-order valence-electron chi connectivity index (χ4n) is 2.73. The first-order valence-electron chi connectivity index (χ1n) is 7.26. The fraction of sp³-hybridized carbons (Fsp3) is 0.0526. The van der Waals surface area contributed by atoms with E-state index in [9.17, 15) is 0 Å². The van der Waals surface area contributed by atoms with E-state index < -0.39 is 0 Å². The fourth-order valence-corrected chi connectivity index (χ4v) is 2.73. The quantitative estimate of drug-likeness (QED) is 0.584. The van der Waals surface area contributed by atoms with Crippen LogP contribution in [0.3, 0.4) is 0 Å². The van der Waals surface area contributed by atoms with Gasteiger partial charge in [0.05, 0.1) is 0 Å². The summed E-state index contributed by atoms with van der Waals surface area (Å²) < 4.78 is 0. The zero-order valence-electron chi connectivity index (χ0n) is 12.2. The normalized spacial score (nSPS) is 11.0. The molecule has 0 unspecified atom stereocenters. The summed E-state index contributed by atoms with van der Waals surface area (Å²) in [6.45, 7) is 2.01. The Hall–Kier alpha value is -2.94. The molecule has 4 aromatic rings. The first-order valence-corrected chi connectivity index (χ1v) is 7.26. The number of pyridine rings is 2. The second-order valence-corrected chi connectivity index (χ2v) is 5.41. The van der Waals surface area contributed by atoms with E-state index in [1.54, 1.807) is 0 Å². The van der Waals surface area contributed by atoms with Crippen LogP contribution in [0.15, 0.2) is 67.1 Å². The molecule has 0 spiro atoms. The van der Waals surface area contributed by atoms with Crippen molar-refractivity contribution in [3.8, 4) is 22.4 Å². The molecule has 22 heavy (non-hydrogen) atoms. The van der Waals surface area contributed by atoms with Crippen LogP contribution in [0.1, 0.15) is 5.69 Å². The van der Waals surface area contributed by atoms with E-state index >= 15 is 0 Å². The van der Waals surface area contributed by atoms with Crippen molar-refractivity contribution in [1.29, 1.82) is 0 Å². The predicted molar refractivity (Wildman–Crippen MR) is 89.5 cm³/mol. The van der Waals surface area contributed by atoms with Crippen molar-refractivity contribution in [1.82, 2.24) is 15.0 Å². The zero-order chi connectivity index (χ0) is 14.9. The van der Waals surface area contributed by atoms with Crippen LogP contribution in [0, 0.1) is 6.92 Å². The number of fused-ring (bicyclic) bond motifs is 1. The zero-order valence-corrected chi connectivity index (χ0v) is 12.2. The summed E-state index contributed by atoms with van der Waals surface area (Å²) in [6, 6.07) is 16.8. The van der Waals surface area contributed by atoms with E-state index in [2.05, 4.69) is 45.3 Å². The maximum Gasteiger partial charge on any atom is 0.0466 e. The molecule has 3 heteroatoms. The molecular formula is C19H15N3. The maximum atomic E-state index is 4.25. The lowest BCUT2D eigenvalue weighted by Gasteiger charge is -2.00. The van der Waals surface area contributed by atoms with Crippen LogP contribution in [0.2, 0.25) is 0 Å². The number of benzene rings is 1. The Morgan fingerprint density at radius 1 is 0.773 bits per heavy atom. The number of hydrogen-bond donors (Lipinski definition) is 1. The molecule has 1 N–H and O–H groups in total. The molecule has 4 rings (SSSR count). The molecule has 3 nitrogen and oxygen atoms in total. The highest BCUT2D eigenvalue weighted by molar-refractivity contribution is 5.89. The lowest BCUT2D eigenvalue weighted by Crippen LogP contribution is -1.82. The van der Waals surface area contributed by atoms with E-state index in [1.807, 2.05) is 43.7 Å². The van der Waals surface area contributed by atoms with Crippen LogP contribution in [0.25, 0.3) is 33.3 Å². The van der Waals surface area contributed by atoms with Gasteiger partial charge in [0.1, 0.15) is 0 Å². The molecule has 3 aromatic heterocycles. The van der Waals surface area contributed by atoms with Crippen molar-refractivity contribution in [3.63, 3.8) is 0 Å². The predicted octanol–water partition coefficient (Wildman–Crippen LogP) is 4.60. The number of hydrogen-bond acceptors (Lipinski definition) is 2. The van der Waals surface area contributed by atoms with E-state index in [0.29, 0.717) is 0 Å². The third kappa shape index (κ3) is 2.27. The Balaban J connectivity index is 1.82. The minimum atomic E-state index is 1.02. The number of aromatic nitrogens is 3. The van der Waals surface area contributed by atoms with Gasteiger partial charge in [0.25, 0.3) is 0 Å². The third-order valence-electron chi connectivity index (χ3n) is 3.84. The number of aryl methyl sites for hydroxylation is 1. The Bertz CT molecular complexity index is 939. The summed E-state index contributed by atoms with van der Waals surface area (Å²) in [6.07, 6.45) is 5.49. The number of nitrogens with zero attached hydrogens (tertiary/aromatic N) is 2. The van der Waals surface area contributed by atoms with Crippen molar-refractivity contribution < 1.29 is 0 Å². The van der Waals surface area contributed by atoms with E-state index in [4.69, 9.17) is 0 Å². The van der Waals surface area contributed by atoms with Crippen LogP contribution in [0.5, 0.6) is 0 Å². The number of nitrogens with one attached hydrogen (secondary N) is 1. The molecule has 0 aliphatic heterocycles. The van der Waals surface area contributed by atoms with Gasteiger partial charge in [-0.25, -0.2) is 0 Å². The molecule has 0 radical (unpaired) electrons. The topological polar surface area (TPSA) is 41.6 Å². The minimum Gasteiger partial charge on any atom is -0.355 e. The highest BCUT2D eigenvalue weighted by atomic mass is 14.7. The highest BCUT2D eigenvalue weighted by Gasteiger charge is 2.05. The van der Waals surface area contributed by atoms with Crippen LogP contribution >= 0.6 is 0 Å². The van der Waals surface area contributed by atoms with Crippen molar-refractivity contribution in [3.05, 3.63) is 72.8 Å². The van der Waals surface area contributed by atoms with Crippen molar-refractivity contribution in [2.75, 3.05) is 0 Å². The summed E-state index contributed by atoms with van der Waals surface area (Å²) in [7, 11) is 0. The lowest BCUT2D eigenvalue weighted by atomic mass is 10.1. The summed E-state index contributed by atoms with van der Waals surface area (Å²) >= 11 is 0. The average Bonchev–Trinajstić information content (AvgIpc) is 2.99. The Morgan fingerprint density at radius 2 is 1.59 bits per heavy atom. The van der Waals surface area contributed by atoms with Gasteiger partial charge in [-0.05, 0) is 60.5 Å². The molecule has 0 fully saturated rings. The van der Waals surface area contributed by atoms with Crippen molar-refractivity contribution >= 4 is 10.9 Å². The summed E-state index contributed by atoms with van der Waals surface area (Å²) in [5, 5.41) is 1.21. The average molecular weight is 285 g/mol.